The largest absolute Gasteiger partial charge is 0.275 e. The van der Waals surface area contributed by atoms with Crippen LogP contribution in [0.15, 0.2) is 0 Å². The highest BCUT2D eigenvalue weighted by Crippen LogP contribution is 1.67. The standard InChI is InChI=1S/CH3OP.CH5P/c1-3-2;1-2/h1H3;2H2,1H3. The topological polar surface area (TPSA) is 17.1 Å². The molecule has 0 aliphatic carbocycles. The summed E-state index contributed by atoms with van der Waals surface area (Å²) in [5.74, 6) is 0. The first-order valence-corrected chi connectivity index (χ1v) is 3.62. The molecule has 1 nitrogen and oxygen atoms in total. The first-order valence-electron chi connectivity index (χ1n) is 1.21. The van der Waals surface area contributed by atoms with Crippen LogP contribution in [-0.2, 0) is 4.57 Å². The van der Waals surface area contributed by atoms with Crippen LogP contribution in [-0.4, -0.2) is 13.3 Å². The second-order valence-electron chi connectivity index (χ2n) is 0.183. The molecule has 5 heavy (non-hydrogen) atoms. The quantitative estimate of drug-likeness (QED) is 0.431. The van der Waals surface area contributed by atoms with Crippen molar-refractivity contribution in [2.24, 2.45) is 0 Å². The van der Waals surface area contributed by atoms with Gasteiger partial charge in [0.05, 0.1) is 0 Å². The summed E-state index contributed by atoms with van der Waals surface area (Å²) in [5, 5.41) is 0. The van der Waals surface area contributed by atoms with Crippen LogP contribution in [0.5, 0.6) is 0 Å². The lowest BCUT2D eigenvalue weighted by atomic mass is 12.0. The van der Waals surface area contributed by atoms with Gasteiger partial charge in [0.15, 0.2) is 8.46 Å². The molecule has 1 unspecified atom stereocenters. The van der Waals surface area contributed by atoms with E-state index in [4.69, 9.17) is 4.57 Å². The predicted molar refractivity (Wildman–Crippen MR) is 29.2 cm³/mol. The van der Waals surface area contributed by atoms with E-state index in [0.717, 1.165) is 0 Å². The maximum absolute atomic E-state index is 8.90. The third kappa shape index (κ3) is 103. The van der Waals surface area contributed by atoms with Gasteiger partial charge in [-0.25, -0.2) is 0 Å². The summed E-state index contributed by atoms with van der Waals surface area (Å²) in [7, 11) is 2.58. The zero-order chi connectivity index (χ0) is 4.71. The molecular weight excluding hydrogens is 102 g/mol. The molecule has 0 aromatic rings. The van der Waals surface area contributed by atoms with Crippen LogP contribution in [0.1, 0.15) is 0 Å². The minimum atomic E-state index is 0.167. The van der Waals surface area contributed by atoms with E-state index >= 15 is 0 Å². The third-order valence-corrected chi connectivity index (χ3v) is 0. The molecule has 0 heterocycles. The van der Waals surface area contributed by atoms with Gasteiger partial charge in [-0.2, -0.15) is 0 Å². The predicted octanol–water partition coefficient (Wildman–Crippen LogP) is 1.40. The highest BCUT2D eigenvalue weighted by molar-refractivity contribution is 7.22. The van der Waals surface area contributed by atoms with Crippen molar-refractivity contribution < 1.29 is 4.57 Å². The Morgan fingerprint density at radius 2 is 1.60 bits per heavy atom. The van der Waals surface area contributed by atoms with Gasteiger partial charge in [-0.3, -0.25) is 4.57 Å². The van der Waals surface area contributed by atoms with E-state index in [2.05, 4.69) is 9.24 Å². The Morgan fingerprint density at radius 3 is 1.60 bits per heavy atom. The fourth-order valence-electron chi connectivity index (χ4n) is 0. The molecule has 1 atom stereocenters. The monoisotopic (exact) mass is 110 g/mol. The average molecular weight is 110 g/mol. The van der Waals surface area contributed by atoms with E-state index in [9.17, 15) is 0 Å². The van der Waals surface area contributed by atoms with Gasteiger partial charge in [0.1, 0.15) is 0 Å². The minimum absolute atomic E-state index is 0.167. The maximum atomic E-state index is 8.90. The van der Waals surface area contributed by atoms with Crippen LogP contribution in [0.25, 0.3) is 0 Å². The van der Waals surface area contributed by atoms with Crippen molar-refractivity contribution in [3.8, 4) is 0 Å². The van der Waals surface area contributed by atoms with Gasteiger partial charge in [-0.05, 0) is 0 Å². The fourth-order valence-corrected chi connectivity index (χ4v) is 0. The van der Waals surface area contributed by atoms with Crippen LogP contribution < -0.4 is 0 Å². The van der Waals surface area contributed by atoms with Crippen LogP contribution in [0.2, 0.25) is 0 Å². The van der Waals surface area contributed by atoms with Crippen LogP contribution in [0, 0.1) is 0 Å². The minimum Gasteiger partial charge on any atom is -0.275 e. The SMILES string of the molecule is CP.CP=O. The van der Waals surface area contributed by atoms with Gasteiger partial charge < -0.3 is 0 Å². The highest BCUT2D eigenvalue weighted by Gasteiger charge is 1.27. The normalized spacial score (nSPS) is 5.40. The first kappa shape index (κ1) is 9.11. The van der Waals surface area contributed by atoms with E-state index in [1.807, 2.05) is 6.66 Å². The summed E-state index contributed by atoms with van der Waals surface area (Å²) < 4.78 is 8.90. The lowest BCUT2D eigenvalue weighted by molar-refractivity contribution is 0.601. The van der Waals surface area contributed by atoms with E-state index in [1.165, 1.54) is 0 Å². The van der Waals surface area contributed by atoms with E-state index in [1.54, 1.807) is 6.66 Å². The maximum Gasteiger partial charge on any atom is 0.151 e. The lowest BCUT2D eigenvalue weighted by Crippen LogP contribution is -0.988. The van der Waals surface area contributed by atoms with Crippen LogP contribution in [0.4, 0.5) is 0 Å². The van der Waals surface area contributed by atoms with Crippen molar-refractivity contribution in [3.63, 3.8) is 0 Å². The summed E-state index contributed by atoms with van der Waals surface area (Å²) in [5.41, 5.74) is 0. The molecule has 0 aliphatic heterocycles. The van der Waals surface area contributed by atoms with E-state index in [-0.39, 0.29) is 8.46 Å². The Balaban J connectivity index is 0. The number of rotatable bonds is 0. The second kappa shape index (κ2) is 24.1. The molecule has 0 bridgehead atoms. The van der Waals surface area contributed by atoms with Crippen molar-refractivity contribution in [2.75, 3.05) is 13.3 Å². The zero-order valence-electron chi connectivity index (χ0n) is 3.43. The molecule has 0 fully saturated rings. The molecule has 0 saturated heterocycles. The van der Waals surface area contributed by atoms with Gasteiger partial charge in [-0.1, -0.05) is 6.66 Å². The Kier molecular flexibility index (Phi) is 43.9. The van der Waals surface area contributed by atoms with Gasteiger partial charge in [-0.15, -0.1) is 9.24 Å². The summed E-state index contributed by atoms with van der Waals surface area (Å²) in [4.78, 5) is 0. The summed E-state index contributed by atoms with van der Waals surface area (Å²) in [6, 6.07) is 0. The Morgan fingerprint density at radius 1 is 1.60 bits per heavy atom. The van der Waals surface area contributed by atoms with Crippen molar-refractivity contribution in [1.82, 2.24) is 0 Å². The highest BCUT2D eigenvalue weighted by atomic mass is 31.1. The molecule has 32 valence electrons. The first-order chi connectivity index (χ1) is 2.41. The van der Waals surface area contributed by atoms with Crippen molar-refractivity contribution >= 4 is 17.7 Å². The molecule has 0 N–H and O–H groups in total. The number of hydrogen-bond donors (Lipinski definition) is 0. The summed E-state index contributed by atoms with van der Waals surface area (Å²) >= 11 is 0. The molecule has 0 saturated carbocycles. The molecule has 0 radical (unpaired) electrons. The molecular formula is C2H8OP2. The molecule has 0 aromatic carbocycles. The molecule has 0 spiro atoms. The molecule has 0 aromatic heterocycles. The Labute approximate surface area is 36.6 Å². The van der Waals surface area contributed by atoms with Crippen LogP contribution >= 0.6 is 17.7 Å². The second-order valence-corrected chi connectivity index (χ2v) is 0.548. The zero-order valence-corrected chi connectivity index (χ0v) is 5.48. The lowest BCUT2D eigenvalue weighted by Gasteiger charge is -1.20. The van der Waals surface area contributed by atoms with Crippen molar-refractivity contribution in [3.05, 3.63) is 0 Å². The van der Waals surface area contributed by atoms with Crippen molar-refractivity contribution in [1.29, 1.82) is 0 Å². The number of hydrogen-bond acceptors (Lipinski definition) is 1. The Bertz CT molecular complexity index is 15.1. The van der Waals surface area contributed by atoms with Gasteiger partial charge in [0, 0.05) is 6.66 Å². The molecule has 0 rings (SSSR count). The third-order valence-electron chi connectivity index (χ3n) is 0. The molecule has 3 heteroatoms. The van der Waals surface area contributed by atoms with Gasteiger partial charge in [0.2, 0.25) is 0 Å². The van der Waals surface area contributed by atoms with E-state index < -0.39 is 0 Å². The fraction of sp³-hybridized carbons (Fsp3) is 1.00. The summed E-state index contributed by atoms with van der Waals surface area (Å²) in [6.07, 6.45) is 0. The van der Waals surface area contributed by atoms with Gasteiger partial charge >= 0.3 is 0 Å². The molecule has 0 aliphatic rings. The summed E-state index contributed by atoms with van der Waals surface area (Å²) in [6.45, 7) is 3.46. The Hall–Kier alpha value is 0.530. The average Bonchev–Trinajstić information content (AvgIpc) is 1.46. The van der Waals surface area contributed by atoms with E-state index in [0.29, 0.717) is 0 Å². The van der Waals surface area contributed by atoms with Crippen molar-refractivity contribution in [2.45, 2.75) is 0 Å². The van der Waals surface area contributed by atoms with Gasteiger partial charge in [0.25, 0.3) is 0 Å². The smallest absolute Gasteiger partial charge is 0.151 e. The molecule has 0 amide bonds. The van der Waals surface area contributed by atoms with Crippen LogP contribution in [0.3, 0.4) is 0 Å².